The highest BCUT2D eigenvalue weighted by Crippen LogP contribution is 2.74. The molecule has 790 valence electrons. The first-order valence-electron chi connectivity index (χ1n) is 55.7. The molecule has 0 heterocycles. The van der Waals surface area contributed by atoms with Crippen molar-refractivity contribution in [3.63, 3.8) is 0 Å². The summed E-state index contributed by atoms with van der Waals surface area (Å²) >= 11 is 0. The monoisotopic (exact) mass is 1950 g/mol. The quantitative estimate of drug-likeness (QED) is 0.0522. The zero-order valence-corrected chi connectivity index (χ0v) is 90.2. The number of allylic oxidation sites excluding steroid dienone is 11. The molecule has 17 heteroatoms. The van der Waals surface area contributed by atoms with E-state index in [2.05, 4.69) is 162 Å². The first-order chi connectivity index (χ1) is 65.2. The van der Waals surface area contributed by atoms with Crippen LogP contribution in [0.5, 0.6) is 0 Å². The Morgan fingerprint density at radius 1 is 0.350 bits per heavy atom. The van der Waals surface area contributed by atoms with Gasteiger partial charge >= 0.3 is 0 Å². The molecule has 17 nitrogen and oxygen atoms in total. The van der Waals surface area contributed by atoms with E-state index in [0.717, 1.165) is 251 Å². The third-order valence-electron chi connectivity index (χ3n) is 47.2. The Bertz CT molecular complexity index is 4630. The second-order valence-corrected chi connectivity index (χ2v) is 54.7. The van der Waals surface area contributed by atoms with Crippen LogP contribution in [0.15, 0.2) is 82.0 Å². The summed E-state index contributed by atoms with van der Waals surface area (Å²) in [4.78, 5) is 85.2. The predicted molar refractivity (Wildman–Crippen MR) is 559 cm³/mol. The lowest BCUT2D eigenvalue weighted by molar-refractivity contribution is -0.190. The van der Waals surface area contributed by atoms with Gasteiger partial charge in [0.15, 0.2) is 0 Å². The van der Waals surface area contributed by atoms with Crippen LogP contribution in [0.25, 0.3) is 0 Å². The average Bonchev–Trinajstić information content (AvgIpc) is 1.08. The van der Waals surface area contributed by atoms with Crippen molar-refractivity contribution in [2.24, 2.45) is 175 Å². The standard InChI is InChI=1S/C21H30O3.C21H36O3.C20H32O3.C20H30O3.C20H32O3.C20H32O2.CH4/c1-14-11-15(12-22)5-6-17-20(4)9-8-18(24)19(2,3)16(20)7-10-21(14,17)13-23;1-4-15-6-7-17-20(3)10-5-9-19(2,13-22)16(20)8-11-21(17,14-23)18(24)12-15;2*1-13-5-6-15-19(4)9-8-16(22)18(2,3)14(19)7-10-20(15,12-21)17(23)11-13;1-14-5-6-16-19(3)9-4-8-18(2,12-21)15(19)7-10-20(16,13-22)17(23)11-14;1-14-11-15(12-21)5-7-17-16(14)6-8-18-19(2,13-22)9-4-10-20(17,18)3;/h5,12-13,16-18,24H,1,6-11H2,2-4H3;6,16-18,22-24H,4-5,7-14H2,1-3H3;5,12,14-17,22-23H,6-11H2,1-4H3;5,12,14-16,22H,6-11H2,1-4H3;5,15-16,21-22H,4,6-13H2,1-3H3;5,12,14,16-18,22H,4,6-11,13H2,1-3H3;1H4. The number of aldehydes is 5. The number of hydrogen-bond acceptors (Lipinski definition) is 17. The minimum Gasteiger partial charge on any atom is -0.396 e. The molecule has 18 aliphatic carbocycles. The van der Waals surface area contributed by atoms with Crippen molar-refractivity contribution < 1.29 is 84.6 Å². The van der Waals surface area contributed by atoms with Gasteiger partial charge in [-0.05, 0) is 404 Å². The van der Waals surface area contributed by atoms with Crippen molar-refractivity contribution in [2.75, 3.05) is 33.0 Å². The Labute approximate surface area is 845 Å². The molecule has 140 heavy (non-hydrogen) atoms. The minimum absolute atomic E-state index is 0. The number of Topliss-reactive ketones (excluding diaryl/α,β-unsaturated/α-hetero) is 2. The van der Waals surface area contributed by atoms with Gasteiger partial charge in [-0.1, -0.05) is 215 Å². The SMILES string of the molecule is C.C=C1CC(C=O)=CCC2C1(C=O)CCC1C(C)(C)C(O)CCC21C.CC1=CCC2C(C=O)(CCC3C(C)(C)C(O)CCC23C)C(=O)C1.CC1=CCC2C(CO)(CCC3C(C)(CO)CCCC32C)C(=O)C1.CC1=CCC2C3(C)CCC(O)C(C)(C)C3CCC2(C=O)C(O)C1.CC1CC(C=O)=CCC2C1CCC1C(C)(CO)CCCC21C.CCC1=CCC2C3(C)CCCC(C)(CO)C3CCC2(CO)C(O)C1. The Morgan fingerprint density at radius 2 is 0.764 bits per heavy atom. The summed E-state index contributed by atoms with van der Waals surface area (Å²) in [5, 5.41) is 104. The number of aliphatic hydroxyl groups is 10. The molecule has 18 rings (SSSR count). The van der Waals surface area contributed by atoms with Crippen molar-refractivity contribution >= 4 is 43.0 Å². The number of hydrogen-bond donors (Lipinski definition) is 10. The molecular formula is C123H196O17. The summed E-state index contributed by atoms with van der Waals surface area (Å²) in [6, 6.07) is 0. The fourth-order valence-electron chi connectivity index (χ4n) is 38.6. The normalized spacial score (nSPS) is 47.2. The van der Waals surface area contributed by atoms with E-state index < -0.39 is 33.9 Å². The smallest absolute Gasteiger partial charge is 0.150 e. The number of rotatable bonds is 11. The highest BCUT2D eigenvalue weighted by molar-refractivity contribution is 6.00. The van der Waals surface area contributed by atoms with Crippen LogP contribution in [0.2, 0.25) is 0 Å². The molecule has 0 spiro atoms. The first kappa shape index (κ1) is 114. The highest BCUT2D eigenvalue weighted by Gasteiger charge is 2.70. The van der Waals surface area contributed by atoms with Crippen LogP contribution in [0.3, 0.4) is 0 Å². The third-order valence-corrected chi connectivity index (χ3v) is 47.2. The van der Waals surface area contributed by atoms with Crippen LogP contribution in [-0.2, 0) is 33.6 Å². The molecule has 0 bridgehead atoms. The van der Waals surface area contributed by atoms with Crippen LogP contribution < -0.4 is 0 Å². The third kappa shape index (κ3) is 19.1. The lowest BCUT2D eigenvalue weighted by Gasteiger charge is -2.63. The summed E-state index contributed by atoms with van der Waals surface area (Å²) in [6.45, 7) is 49.7. The topological polar surface area (TPSA) is 322 Å². The van der Waals surface area contributed by atoms with Gasteiger partial charge in [0.2, 0.25) is 0 Å². The number of fused-ring (bicyclic) bond motifs is 18. The Morgan fingerprint density at radius 3 is 1.25 bits per heavy atom. The number of carbonyl (C=O) groups is 7. The van der Waals surface area contributed by atoms with Gasteiger partial charge in [-0.3, -0.25) is 19.2 Å². The van der Waals surface area contributed by atoms with E-state index in [9.17, 15) is 84.6 Å². The molecule has 10 N–H and O–H groups in total. The second-order valence-electron chi connectivity index (χ2n) is 54.7. The fourth-order valence-corrected chi connectivity index (χ4v) is 38.6. The summed E-state index contributed by atoms with van der Waals surface area (Å²) < 4.78 is 0. The highest BCUT2D eigenvalue weighted by atomic mass is 16.3. The van der Waals surface area contributed by atoms with Crippen LogP contribution >= 0.6 is 0 Å². The molecular weight excluding hydrogens is 1750 g/mol. The molecule has 0 aromatic rings. The summed E-state index contributed by atoms with van der Waals surface area (Å²) in [5.74, 6) is 6.02. The van der Waals surface area contributed by atoms with Crippen molar-refractivity contribution in [1.29, 1.82) is 0 Å². The Balaban J connectivity index is 0.000000150. The number of ketones is 2. The van der Waals surface area contributed by atoms with E-state index in [-0.39, 0.29) is 152 Å². The summed E-state index contributed by atoms with van der Waals surface area (Å²) in [5.41, 5.74) is 4.61. The maximum atomic E-state index is 13.0. The Hall–Kier alpha value is -4.53. The van der Waals surface area contributed by atoms with Crippen LogP contribution in [-0.4, -0.2) is 158 Å². The average molecular weight is 1950 g/mol. The Kier molecular flexibility index (Phi) is 34.6. The number of carbonyl (C=O) groups excluding carboxylic acids is 7. The fraction of sp³-hybridized carbons (Fsp3) is 0.829. The molecule has 0 amide bonds. The summed E-state index contributed by atoms with van der Waals surface area (Å²) in [7, 11) is 0. The van der Waals surface area contributed by atoms with E-state index >= 15 is 0 Å². The van der Waals surface area contributed by atoms with Gasteiger partial charge in [0, 0.05) is 38.1 Å². The van der Waals surface area contributed by atoms with E-state index in [4.69, 9.17) is 0 Å². The van der Waals surface area contributed by atoms with E-state index in [1.165, 1.54) is 43.3 Å². The van der Waals surface area contributed by atoms with E-state index in [1.807, 2.05) is 19.9 Å². The molecule has 33 atom stereocenters. The lowest BCUT2D eigenvalue weighted by atomic mass is 9.41. The molecule has 12 fully saturated rings. The van der Waals surface area contributed by atoms with Crippen molar-refractivity contribution in [1.82, 2.24) is 0 Å². The summed E-state index contributed by atoms with van der Waals surface area (Å²) in [6.07, 6.45) is 53.3. The molecule has 33 unspecified atom stereocenters. The predicted octanol–water partition coefficient (Wildman–Crippen LogP) is 23.2. The van der Waals surface area contributed by atoms with Crippen molar-refractivity contribution in [3.8, 4) is 0 Å². The molecule has 0 aromatic heterocycles. The molecule has 0 radical (unpaired) electrons. The first-order valence-corrected chi connectivity index (χ1v) is 55.7. The molecule has 12 saturated carbocycles. The molecule has 18 aliphatic rings. The zero-order chi connectivity index (χ0) is 102. The van der Waals surface area contributed by atoms with Gasteiger partial charge in [-0.25, -0.2) is 0 Å². The zero-order valence-electron chi connectivity index (χ0n) is 90.2. The molecule has 0 aliphatic heterocycles. The van der Waals surface area contributed by atoms with Gasteiger partial charge in [0.25, 0.3) is 0 Å². The number of aliphatic hydroxyl groups excluding tert-OH is 10. The van der Waals surface area contributed by atoms with Gasteiger partial charge in [-0.15, -0.1) is 0 Å². The van der Waals surface area contributed by atoms with Crippen LogP contribution in [0.1, 0.15) is 403 Å². The lowest BCUT2D eigenvalue weighted by Crippen LogP contribution is -2.61. The van der Waals surface area contributed by atoms with Crippen molar-refractivity contribution in [3.05, 3.63) is 82.0 Å². The van der Waals surface area contributed by atoms with Crippen LogP contribution in [0.4, 0.5) is 0 Å². The van der Waals surface area contributed by atoms with Crippen molar-refractivity contribution in [2.45, 2.75) is 433 Å². The van der Waals surface area contributed by atoms with Crippen LogP contribution in [0, 0.1) is 175 Å². The van der Waals surface area contributed by atoms with E-state index in [0.29, 0.717) is 104 Å². The second kappa shape index (κ2) is 42.5. The molecule has 0 aromatic carbocycles. The van der Waals surface area contributed by atoms with Gasteiger partial charge in [0.05, 0.1) is 65.4 Å². The van der Waals surface area contributed by atoms with E-state index in [1.54, 1.807) is 0 Å². The van der Waals surface area contributed by atoms with Gasteiger partial charge in [-0.2, -0.15) is 0 Å². The maximum absolute atomic E-state index is 13.0. The largest absolute Gasteiger partial charge is 0.396 e. The maximum Gasteiger partial charge on any atom is 0.150 e. The van der Waals surface area contributed by atoms with Gasteiger partial charge < -0.3 is 65.4 Å². The van der Waals surface area contributed by atoms with Gasteiger partial charge in [0.1, 0.15) is 43.0 Å². The molecule has 0 saturated heterocycles. The minimum atomic E-state index is -0.808.